The number of aryl methyl sites for hydroxylation is 1. The fourth-order valence-corrected chi connectivity index (χ4v) is 4.46. The van der Waals surface area contributed by atoms with Crippen molar-refractivity contribution in [3.05, 3.63) is 84.1 Å². The minimum absolute atomic E-state index is 0.110. The third-order valence-electron chi connectivity index (χ3n) is 4.37. The van der Waals surface area contributed by atoms with Crippen LogP contribution in [0.2, 0.25) is 0 Å². The van der Waals surface area contributed by atoms with Gasteiger partial charge in [0.15, 0.2) is 9.84 Å². The van der Waals surface area contributed by atoms with Gasteiger partial charge in [-0.1, -0.05) is 54.6 Å². The van der Waals surface area contributed by atoms with Crippen LogP contribution < -0.4 is 0 Å². The summed E-state index contributed by atoms with van der Waals surface area (Å²) in [6.45, 7) is 2.01. The molecule has 3 nitrogen and oxygen atoms in total. The zero-order valence-electron chi connectivity index (χ0n) is 13.8. The van der Waals surface area contributed by atoms with Crippen molar-refractivity contribution in [1.29, 1.82) is 0 Å². The average molecular weight is 347 g/mol. The SMILES string of the molecule is Cc1ccc2c(c1)nc(CS(=O)(=O)c1ccccc1)c1ccccc12. The van der Waals surface area contributed by atoms with E-state index in [0.29, 0.717) is 10.6 Å². The number of pyridine rings is 1. The van der Waals surface area contributed by atoms with Crippen LogP contribution >= 0.6 is 0 Å². The van der Waals surface area contributed by atoms with Gasteiger partial charge in [-0.3, -0.25) is 4.98 Å². The molecule has 0 N–H and O–H groups in total. The molecule has 3 aromatic carbocycles. The first-order chi connectivity index (χ1) is 12.0. The molecule has 0 aliphatic rings. The van der Waals surface area contributed by atoms with Crippen molar-refractivity contribution in [2.24, 2.45) is 0 Å². The average Bonchev–Trinajstić information content (AvgIpc) is 2.62. The molecule has 0 radical (unpaired) electrons. The van der Waals surface area contributed by atoms with Gasteiger partial charge >= 0.3 is 0 Å². The van der Waals surface area contributed by atoms with Gasteiger partial charge in [0.2, 0.25) is 0 Å². The van der Waals surface area contributed by atoms with Gasteiger partial charge in [-0.2, -0.15) is 0 Å². The fourth-order valence-electron chi connectivity index (χ4n) is 3.14. The molecule has 124 valence electrons. The first-order valence-electron chi connectivity index (χ1n) is 8.10. The van der Waals surface area contributed by atoms with Gasteiger partial charge in [0.25, 0.3) is 0 Å². The maximum atomic E-state index is 12.8. The summed E-state index contributed by atoms with van der Waals surface area (Å²) in [4.78, 5) is 5.02. The van der Waals surface area contributed by atoms with E-state index in [1.54, 1.807) is 24.3 Å². The molecule has 4 heteroatoms. The van der Waals surface area contributed by atoms with Crippen molar-refractivity contribution in [2.75, 3.05) is 0 Å². The largest absolute Gasteiger partial charge is 0.251 e. The monoisotopic (exact) mass is 347 g/mol. The summed E-state index contributed by atoms with van der Waals surface area (Å²) >= 11 is 0. The van der Waals surface area contributed by atoms with Crippen LogP contribution in [0.25, 0.3) is 21.7 Å². The van der Waals surface area contributed by atoms with Crippen molar-refractivity contribution < 1.29 is 8.42 Å². The lowest BCUT2D eigenvalue weighted by molar-refractivity contribution is 0.595. The smallest absolute Gasteiger partial charge is 0.184 e. The molecular formula is C21H17NO2S. The summed E-state index contributed by atoms with van der Waals surface area (Å²) in [5, 5.41) is 2.96. The topological polar surface area (TPSA) is 47.0 Å². The molecule has 0 saturated carbocycles. The second kappa shape index (κ2) is 5.97. The molecule has 4 aromatic rings. The standard InChI is InChI=1S/C21H17NO2S/c1-15-11-12-19-17-9-5-6-10-18(17)21(22-20(19)13-15)14-25(23,24)16-7-3-2-4-8-16/h2-13H,14H2,1H3. The molecule has 0 aliphatic carbocycles. The normalized spacial score (nSPS) is 11.9. The van der Waals surface area contributed by atoms with Crippen LogP contribution in [0.4, 0.5) is 0 Å². The quantitative estimate of drug-likeness (QED) is 0.506. The summed E-state index contributed by atoms with van der Waals surface area (Å²) < 4.78 is 25.6. The number of nitrogens with zero attached hydrogens (tertiary/aromatic N) is 1. The zero-order valence-corrected chi connectivity index (χ0v) is 14.6. The minimum atomic E-state index is -3.45. The highest BCUT2D eigenvalue weighted by Crippen LogP contribution is 2.29. The maximum absolute atomic E-state index is 12.8. The molecule has 25 heavy (non-hydrogen) atoms. The molecular weight excluding hydrogens is 330 g/mol. The van der Waals surface area contributed by atoms with E-state index >= 15 is 0 Å². The number of sulfone groups is 1. The molecule has 0 bridgehead atoms. The van der Waals surface area contributed by atoms with Crippen molar-refractivity contribution >= 4 is 31.5 Å². The Balaban J connectivity index is 1.94. The highest BCUT2D eigenvalue weighted by molar-refractivity contribution is 7.90. The first-order valence-corrected chi connectivity index (χ1v) is 9.76. The molecule has 0 saturated heterocycles. The summed E-state index contributed by atoms with van der Waals surface area (Å²) in [5.74, 6) is -0.110. The van der Waals surface area contributed by atoms with E-state index in [9.17, 15) is 8.42 Å². The number of aromatic nitrogens is 1. The number of hydrogen-bond donors (Lipinski definition) is 0. The van der Waals surface area contributed by atoms with E-state index in [4.69, 9.17) is 4.98 Å². The second-order valence-electron chi connectivity index (χ2n) is 6.20. The van der Waals surface area contributed by atoms with Gasteiger partial charge in [0.1, 0.15) is 0 Å². The molecule has 0 amide bonds. The predicted octanol–water partition coefficient (Wildman–Crippen LogP) is 4.67. The predicted molar refractivity (Wildman–Crippen MR) is 101 cm³/mol. The Morgan fingerprint density at radius 3 is 2.24 bits per heavy atom. The van der Waals surface area contributed by atoms with Crippen LogP contribution in [0, 0.1) is 6.92 Å². The fraction of sp³-hybridized carbons (Fsp3) is 0.0952. The number of hydrogen-bond acceptors (Lipinski definition) is 3. The maximum Gasteiger partial charge on any atom is 0.184 e. The van der Waals surface area contributed by atoms with Gasteiger partial charge < -0.3 is 0 Å². The van der Waals surface area contributed by atoms with Crippen LogP contribution in [-0.2, 0) is 15.6 Å². The molecule has 4 rings (SSSR count). The molecule has 1 heterocycles. The Bertz CT molecular complexity index is 1180. The summed E-state index contributed by atoms with van der Waals surface area (Å²) in [7, 11) is -3.45. The summed E-state index contributed by atoms with van der Waals surface area (Å²) in [5.41, 5.74) is 2.53. The van der Waals surface area contributed by atoms with E-state index in [0.717, 1.165) is 27.2 Å². The molecule has 0 atom stereocenters. The van der Waals surface area contributed by atoms with E-state index in [1.165, 1.54) is 0 Å². The lowest BCUT2D eigenvalue weighted by Crippen LogP contribution is -2.07. The Morgan fingerprint density at radius 2 is 1.48 bits per heavy atom. The number of rotatable bonds is 3. The highest BCUT2D eigenvalue weighted by Gasteiger charge is 2.18. The van der Waals surface area contributed by atoms with Crippen LogP contribution in [-0.4, -0.2) is 13.4 Å². The lowest BCUT2D eigenvalue weighted by atomic mass is 10.0. The number of fused-ring (bicyclic) bond motifs is 3. The van der Waals surface area contributed by atoms with Crippen LogP contribution in [0.3, 0.4) is 0 Å². The van der Waals surface area contributed by atoms with E-state index in [1.807, 2.05) is 43.3 Å². The van der Waals surface area contributed by atoms with Crippen molar-refractivity contribution in [1.82, 2.24) is 4.98 Å². The second-order valence-corrected chi connectivity index (χ2v) is 8.19. The Labute approximate surface area is 146 Å². The molecule has 1 aromatic heterocycles. The van der Waals surface area contributed by atoms with Crippen molar-refractivity contribution in [3.8, 4) is 0 Å². The van der Waals surface area contributed by atoms with Crippen molar-refractivity contribution in [3.63, 3.8) is 0 Å². The van der Waals surface area contributed by atoms with Crippen LogP contribution in [0.15, 0.2) is 77.7 Å². The highest BCUT2D eigenvalue weighted by atomic mass is 32.2. The molecule has 0 spiro atoms. The molecule has 0 fully saturated rings. The lowest BCUT2D eigenvalue weighted by Gasteiger charge is -2.11. The first kappa shape index (κ1) is 15.8. The Morgan fingerprint density at radius 1 is 0.800 bits per heavy atom. The Kier molecular flexibility index (Phi) is 3.77. The Hall–Kier alpha value is -2.72. The van der Waals surface area contributed by atoms with E-state index in [-0.39, 0.29) is 5.75 Å². The van der Waals surface area contributed by atoms with Crippen LogP contribution in [0.5, 0.6) is 0 Å². The van der Waals surface area contributed by atoms with Crippen molar-refractivity contribution in [2.45, 2.75) is 17.6 Å². The number of benzene rings is 3. The van der Waals surface area contributed by atoms with E-state index in [2.05, 4.69) is 12.1 Å². The summed E-state index contributed by atoms with van der Waals surface area (Å²) in [6.07, 6.45) is 0. The van der Waals surface area contributed by atoms with Crippen LogP contribution in [0.1, 0.15) is 11.3 Å². The van der Waals surface area contributed by atoms with Gasteiger partial charge in [-0.05, 0) is 36.1 Å². The molecule has 0 aliphatic heterocycles. The van der Waals surface area contributed by atoms with E-state index < -0.39 is 9.84 Å². The van der Waals surface area contributed by atoms with Gasteiger partial charge in [0.05, 0.1) is 21.9 Å². The molecule has 0 unspecified atom stereocenters. The third-order valence-corrected chi connectivity index (χ3v) is 6.01. The minimum Gasteiger partial charge on any atom is -0.251 e. The van der Waals surface area contributed by atoms with Gasteiger partial charge in [-0.15, -0.1) is 0 Å². The zero-order chi connectivity index (χ0) is 17.4. The summed E-state index contributed by atoms with van der Waals surface area (Å²) in [6, 6.07) is 22.5. The third kappa shape index (κ3) is 2.89. The van der Waals surface area contributed by atoms with Gasteiger partial charge in [-0.25, -0.2) is 8.42 Å². The van der Waals surface area contributed by atoms with Gasteiger partial charge in [0, 0.05) is 10.8 Å².